The van der Waals surface area contributed by atoms with Crippen molar-refractivity contribution >= 4 is 23.0 Å². The number of furan rings is 1. The van der Waals surface area contributed by atoms with Crippen LogP contribution in [0.2, 0.25) is 0 Å². The standard InChI is InChI=1S/C17H18N2O5/c20-12-6-5-11-16(17(12)21)15(9-3-1-2-4-10(9)18-11)13-7-8-14(24-13)19(22)23/h7-11,18H,1-6H2. The normalized spacial score (nSPS) is 30.1. The van der Waals surface area contributed by atoms with Gasteiger partial charge in [0.2, 0.25) is 11.6 Å². The van der Waals surface area contributed by atoms with Gasteiger partial charge < -0.3 is 9.73 Å². The Morgan fingerprint density at radius 3 is 2.67 bits per heavy atom. The van der Waals surface area contributed by atoms with Crippen LogP contribution < -0.4 is 5.32 Å². The fraction of sp³-hybridized carbons (Fsp3) is 0.529. The molecule has 4 rings (SSSR count). The topological polar surface area (TPSA) is 102 Å². The highest BCUT2D eigenvalue weighted by atomic mass is 16.6. The summed E-state index contributed by atoms with van der Waals surface area (Å²) in [5, 5.41) is 14.5. The zero-order valence-corrected chi connectivity index (χ0v) is 13.1. The molecule has 2 saturated carbocycles. The molecular weight excluding hydrogens is 312 g/mol. The second-order valence-electron chi connectivity index (χ2n) is 6.73. The fourth-order valence-electron chi connectivity index (χ4n) is 4.34. The number of carbonyl (C=O) groups excluding carboxylic acids is 2. The number of fused-ring (bicyclic) bond motifs is 2. The largest absolute Gasteiger partial charge is 0.433 e. The van der Waals surface area contributed by atoms with E-state index in [9.17, 15) is 19.7 Å². The van der Waals surface area contributed by atoms with Gasteiger partial charge in [-0.15, -0.1) is 0 Å². The quantitative estimate of drug-likeness (QED) is 0.507. The van der Waals surface area contributed by atoms with Gasteiger partial charge in [0.15, 0.2) is 0 Å². The number of ketones is 2. The molecule has 0 saturated heterocycles. The van der Waals surface area contributed by atoms with Crippen LogP contribution in [-0.2, 0) is 9.59 Å². The molecule has 2 fully saturated rings. The molecule has 3 unspecified atom stereocenters. The molecule has 0 spiro atoms. The Morgan fingerprint density at radius 2 is 1.92 bits per heavy atom. The second-order valence-corrected chi connectivity index (χ2v) is 6.73. The van der Waals surface area contributed by atoms with Crippen LogP contribution in [0.5, 0.6) is 0 Å². The number of hydrogen-bond donors (Lipinski definition) is 1. The number of carbonyl (C=O) groups is 2. The first kappa shape index (κ1) is 15.3. The number of nitrogens with zero attached hydrogens (tertiary/aromatic N) is 1. The van der Waals surface area contributed by atoms with Crippen LogP contribution in [0.3, 0.4) is 0 Å². The van der Waals surface area contributed by atoms with Crippen LogP contribution in [0.4, 0.5) is 5.88 Å². The van der Waals surface area contributed by atoms with E-state index in [1.807, 2.05) is 0 Å². The summed E-state index contributed by atoms with van der Waals surface area (Å²) in [6.45, 7) is 0. The molecule has 2 aliphatic carbocycles. The van der Waals surface area contributed by atoms with E-state index in [4.69, 9.17) is 4.42 Å². The van der Waals surface area contributed by atoms with Crippen LogP contribution in [-0.4, -0.2) is 28.6 Å². The molecule has 3 atom stereocenters. The zero-order valence-electron chi connectivity index (χ0n) is 13.1. The molecule has 0 aromatic carbocycles. The molecule has 1 aliphatic heterocycles. The lowest BCUT2D eigenvalue weighted by atomic mass is 9.69. The van der Waals surface area contributed by atoms with E-state index in [1.54, 1.807) is 6.07 Å². The zero-order chi connectivity index (χ0) is 16.8. The summed E-state index contributed by atoms with van der Waals surface area (Å²) >= 11 is 0. The van der Waals surface area contributed by atoms with Crippen molar-refractivity contribution in [3.05, 3.63) is 33.6 Å². The Labute approximate surface area is 138 Å². The maximum atomic E-state index is 12.5. The molecule has 7 nitrogen and oxygen atoms in total. The smallest absolute Gasteiger partial charge is 0.401 e. The molecule has 0 amide bonds. The van der Waals surface area contributed by atoms with Gasteiger partial charge in [0.1, 0.15) is 10.7 Å². The molecule has 3 aliphatic rings. The van der Waals surface area contributed by atoms with E-state index in [0.29, 0.717) is 17.8 Å². The number of rotatable bonds is 2. The van der Waals surface area contributed by atoms with Crippen LogP contribution in [0.15, 0.2) is 22.1 Å². The SMILES string of the molecule is O=C1CCC2NC3CCCCC3C(c3ccc([N+](=O)[O-])o3)=C2C1=O. The highest BCUT2D eigenvalue weighted by Crippen LogP contribution is 2.44. The molecular formula is C17H18N2O5. The Balaban J connectivity index is 1.87. The van der Waals surface area contributed by atoms with E-state index < -0.39 is 10.7 Å². The van der Waals surface area contributed by atoms with Crippen molar-refractivity contribution in [1.82, 2.24) is 5.32 Å². The van der Waals surface area contributed by atoms with Crippen LogP contribution >= 0.6 is 0 Å². The number of hydrogen-bond acceptors (Lipinski definition) is 6. The van der Waals surface area contributed by atoms with E-state index in [0.717, 1.165) is 31.3 Å². The van der Waals surface area contributed by atoms with Gasteiger partial charge in [-0.2, -0.15) is 0 Å². The lowest BCUT2D eigenvalue weighted by molar-refractivity contribution is -0.402. The van der Waals surface area contributed by atoms with Crippen molar-refractivity contribution in [3.8, 4) is 0 Å². The molecule has 0 radical (unpaired) electrons. The van der Waals surface area contributed by atoms with Crippen molar-refractivity contribution < 1.29 is 18.9 Å². The third kappa shape index (κ3) is 2.31. The van der Waals surface area contributed by atoms with E-state index in [-0.39, 0.29) is 36.1 Å². The lowest BCUT2D eigenvalue weighted by Gasteiger charge is -2.43. The average Bonchev–Trinajstić information content (AvgIpc) is 3.06. The first-order chi connectivity index (χ1) is 11.6. The minimum atomic E-state index is -0.584. The summed E-state index contributed by atoms with van der Waals surface area (Å²) < 4.78 is 5.42. The van der Waals surface area contributed by atoms with Gasteiger partial charge in [-0.05, 0) is 25.3 Å². The van der Waals surface area contributed by atoms with Gasteiger partial charge in [0, 0.05) is 35.6 Å². The number of Topliss-reactive ketones (excluding diaryl/α,β-unsaturated/α-hetero) is 2. The van der Waals surface area contributed by atoms with E-state index >= 15 is 0 Å². The van der Waals surface area contributed by atoms with Crippen LogP contribution in [0.25, 0.3) is 5.57 Å². The van der Waals surface area contributed by atoms with Crippen molar-refractivity contribution in [2.45, 2.75) is 50.6 Å². The highest BCUT2D eigenvalue weighted by Gasteiger charge is 2.45. The molecule has 126 valence electrons. The summed E-state index contributed by atoms with van der Waals surface area (Å²) in [6, 6.07) is 2.94. The maximum Gasteiger partial charge on any atom is 0.433 e. The second kappa shape index (κ2) is 5.66. The van der Waals surface area contributed by atoms with Gasteiger partial charge >= 0.3 is 5.88 Å². The average molecular weight is 330 g/mol. The summed E-state index contributed by atoms with van der Waals surface area (Å²) in [7, 11) is 0. The van der Waals surface area contributed by atoms with Crippen molar-refractivity contribution in [3.63, 3.8) is 0 Å². The molecule has 1 aromatic heterocycles. The van der Waals surface area contributed by atoms with Crippen molar-refractivity contribution in [2.75, 3.05) is 0 Å². The number of nitrogens with one attached hydrogen (secondary N) is 1. The Kier molecular flexibility index (Phi) is 3.60. The van der Waals surface area contributed by atoms with Gasteiger partial charge in [-0.25, -0.2) is 0 Å². The molecule has 7 heteroatoms. The monoisotopic (exact) mass is 330 g/mol. The van der Waals surface area contributed by atoms with E-state index in [1.165, 1.54) is 6.07 Å². The third-order valence-corrected chi connectivity index (χ3v) is 5.39. The van der Waals surface area contributed by atoms with Crippen molar-refractivity contribution in [2.24, 2.45) is 5.92 Å². The minimum Gasteiger partial charge on any atom is -0.401 e. The third-order valence-electron chi connectivity index (χ3n) is 5.39. The van der Waals surface area contributed by atoms with Crippen molar-refractivity contribution in [1.29, 1.82) is 0 Å². The maximum absolute atomic E-state index is 12.5. The van der Waals surface area contributed by atoms with Crippen LogP contribution in [0.1, 0.15) is 44.3 Å². The molecule has 24 heavy (non-hydrogen) atoms. The lowest BCUT2D eigenvalue weighted by Crippen LogP contribution is -2.53. The molecule has 2 heterocycles. The summed E-state index contributed by atoms with van der Waals surface area (Å²) in [4.78, 5) is 34.8. The molecule has 1 aromatic rings. The highest BCUT2D eigenvalue weighted by molar-refractivity contribution is 6.46. The predicted octanol–water partition coefficient (Wildman–Crippen LogP) is 2.40. The van der Waals surface area contributed by atoms with Gasteiger partial charge in [-0.3, -0.25) is 19.7 Å². The fourth-order valence-corrected chi connectivity index (χ4v) is 4.34. The summed E-state index contributed by atoms with van der Waals surface area (Å²) in [5.41, 5.74) is 1.19. The molecule has 1 N–H and O–H groups in total. The summed E-state index contributed by atoms with van der Waals surface area (Å²) in [5.74, 6) is -0.753. The van der Waals surface area contributed by atoms with Gasteiger partial charge in [-0.1, -0.05) is 12.8 Å². The first-order valence-corrected chi connectivity index (χ1v) is 8.38. The minimum absolute atomic E-state index is 0.0607. The number of nitro groups is 1. The van der Waals surface area contributed by atoms with Crippen LogP contribution in [0, 0.1) is 16.0 Å². The Bertz CT molecular complexity index is 763. The Hall–Kier alpha value is -2.28. The van der Waals surface area contributed by atoms with Gasteiger partial charge in [0.05, 0.1) is 6.07 Å². The molecule has 0 bridgehead atoms. The Morgan fingerprint density at radius 1 is 1.12 bits per heavy atom. The van der Waals surface area contributed by atoms with Gasteiger partial charge in [0.25, 0.3) is 0 Å². The van der Waals surface area contributed by atoms with E-state index in [2.05, 4.69) is 5.32 Å². The summed E-state index contributed by atoms with van der Waals surface area (Å²) in [6.07, 6.45) is 4.89. The first-order valence-electron chi connectivity index (χ1n) is 8.38. The predicted molar refractivity (Wildman–Crippen MR) is 84.2 cm³/mol.